The second kappa shape index (κ2) is 5.01. The van der Waals surface area contributed by atoms with Gasteiger partial charge in [0.25, 0.3) is 0 Å². The molecule has 0 amide bonds. The maximum Gasteiger partial charge on any atom is 0.419 e. The average Bonchev–Trinajstić information content (AvgIpc) is 2.90. The van der Waals surface area contributed by atoms with Gasteiger partial charge in [0.15, 0.2) is 5.88 Å². The maximum atomic E-state index is 13.3. The lowest BCUT2D eigenvalue weighted by Gasteiger charge is -2.08. The van der Waals surface area contributed by atoms with Crippen LogP contribution in [0.25, 0.3) is 16.9 Å². The summed E-state index contributed by atoms with van der Waals surface area (Å²) in [6, 6.07) is 7.92. The van der Waals surface area contributed by atoms with Crippen LogP contribution in [0.3, 0.4) is 0 Å². The highest BCUT2D eigenvalue weighted by Gasteiger charge is 2.34. The van der Waals surface area contributed by atoms with E-state index in [-0.39, 0.29) is 5.56 Å². The van der Waals surface area contributed by atoms with Gasteiger partial charge in [-0.15, -0.1) is 0 Å². The van der Waals surface area contributed by atoms with Crippen molar-refractivity contribution in [2.24, 2.45) is 0 Å². The van der Waals surface area contributed by atoms with E-state index in [9.17, 15) is 17.6 Å². The molecule has 0 aliphatic carbocycles. The van der Waals surface area contributed by atoms with Crippen LogP contribution in [-0.2, 0) is 6.18 Å². The molecule has 7 heteroatoms. The molecular formula is C15H10F4N2O. The minimum atomic E-state index is -4.75. The van der Waals surface area contributed by atoms with E-state index in [2.05, 4.69) is 4.98 Å². The predicted octanol–water partition coefficient (Wildman–Crippen LogP) is 4.17. The SMILES string of the molecule is COc1cccc2nc(-c3ccc(F)c(C(F)(F)F)c3)cn12. The molecule has 0 fully saturated rings. The first-order chi connectivity index (χ1) is 10.4. The third kappa shape index (κ3) is 2.38. The zero-order valence-corrected chi connectivity index (χ0v) is 11.4. The van der Waals surface area contributed by atoms with E-state index in [1.165, 1.54) is 13.2 Å². The Morgan fingerprint density at radius 1 is 1.14 bits per heavy atom. The number of methoxy groups -OCH3 is 1. The molecule has 3 aromatic rings. The molecule has 0 aliphatic heterocycles. The third-order valence-electron chi connectivity index (χ3n) is 3.23. The molecule has 0 N–H and O–H groups in total. The molecule has 0 saturated heterocycles. The van der Waals surface area contributed by atoms with Crippen LogP contribution >= 0.6 is 0 Å². The van der Waals surface area contributed by atoms with Crippen molar-refractivity contribution in [3.63, 3.8) is 0 Å². The lowest BCUT2D eigenvalue weighted by Crippen LogP contribution is -2.08. The van der Waals surface area contributed by atoms with Crippen LogP contribution in [0, 0.1) is 5.82 Å². The minimum absolute atomic E-state index is 0.180. The van der Waals surface area contributed by atoms with E-state index in [0.29, 0.717) is 17.2 Å². The Balaban J connectivity index is 2.16. The molecule has 22 heavy (non-hydrogen) atoms. The van der Waals surface area contributed by atoms with Gasteiger partial charge in [0.2, 0.25) is 0 Å². The molecule has 0 unspecified atom stereocenters. The van der Waals surface area contributed by atoms with Gasteiger partial charge in [0, 0.05) is 11.8 Å². The van der Waals surface area contributed by atoms with Crippen LogP contribution in [-0.4, -0.2) is 16.5 Å². The first-order valence-electron chi connectivity index (χ1n) is 6.29. The van der Waals surface area contributed by atoms with Crippen molar-refractivity contribution in [3.05, 3.63) is 54.0 Å². The van der Waals surface area contributed by atoms with Gasteiger partial charge in [0.05, 0.1) is 18.4 Å². The number of halogens is 4. The molecule has 114 valence electrons. The van der Waals surface area contributed by atoms with E-state index in [0.717, 1.165) is 12.1 Å². The maximum absolute atomic E-state index is 13.3. The summed E-state index contributed by atoms with van der Waals surface area (Å²) in [5.41, 5.74) is -0.310. The highest BCUT2D eigenvalue weighted by Crippen LogP contribution is 2.34. The number of hydrogen-bond donors (Lipinski definition) is 0. The molecule has 2 aromatic heterocycles. The van der Waals surface area contributed by atoms with E-state index in [4.69, 9.17) is 4.74 Å². The molecule has 0 saturated carbocycles. The summed E-state index contributed by atoms with van der Waals surface area (Å²) >= 11 is 0. The molecule has 0 atom stereocenters. The molecule has 0 aliphatic rings. The number of pyridine rings is 1. The lowest BCUT2D eigenvalue weighted by atomic mass is 10.1. The van der Waals surface area contributed by atoms with E-state index in [1.54, 1.807) is 28.8 Å². The zero-order valence-electron chi connectivity index (χ0n) is 11.4. The van der Waals surface area contributed by atoms with Crippen LogP contribution in [0.4, 0.5) is 17.6 Å². The minimum Gasteiger partial charge on any atom is -0.482 e. The van der Waals surface area contributed by atoms with E-state index in [1.807, 2.05) is 0 Å². The van der Waals surface area contributed by atoms with Crippen LogP contribution < -0.4 is 4.74 Å². The van der Waals surface area contributed by atoms with Gasteiger partial charge in [-0.2, -0.15) is 13.2 Å². The quantitative estimate of drug-likeness (QED) is 0.664. The summed E-state index contributed by atoms with van der Waals surface area (Å²) in [4.78, 5) is 4.24. The van der Waals surface area contributed by atoms with Crippen molar-refractivity contribution >= 4 is 5.65 Å². The highest BCUT2D eigenvalue weighted by molar-refractivity contribution is 5.64. The van der Waals surface area contributed by atoms with Crippen LogP contribution in [0.5, 0.6) is 5.88 Å². The molecule has 3 rings (SSSR count). The summed E-state index contributed by atoms with van der Waals surface area (Å²) in [5.74, 6) is -0.813. The van der Waals surface area contributed by atoms with Gasteiger partial charge < -0.3 is 4.74 Å². The van der Waals surface area contributed by atoms with Gasteiger partial charge in [-0.1, -0.05) is 6.07 Å². The van der Waals surface area contributed by atoms with Crippen LogP contribution in [0.15, 0.2) is 42.6 Å². The summed E-state index contributed by atoms with van der Waals surface area (Å²) in [5, 5.41) is 0. The summed E-state index contributed by atoms with van der Waals surface area (Å²) in [6.07, 6.45) is -3.21. The molecule has 0 bridgehead atoms. The molecule has 0 spiro atoms. The number of nitrogens with zero attached hydrogens (tertiary/aromatic N) is 2. The fraction of sp³-hybridized carbons (Fsp3) is 0.133. The monoisotopic (exact) mass is 310 g/mol. The Kier molecular flexibility index (Phi) is 3.27. The molecule has 0 radical (unpaired) electrons. The number of fused-ring (bicyclic) bond motifs is 1. The second-order valence-corrected chi connectivity index (χ2v) is 4.61. The molecule has 1 aromatic carbocycles. The van der Waals surface area contributed by atoms with Crippen LogP contribution in [0.1, 0.15) is 5.56 Å². The Bertz CT molecular complexity index is 839. The topological polar surface area (TPSA) is 26.5 Å². The summed E-state index contributed by atoms with van der Waals surface area (Å²) in [6.45, 7) is 0. The molecule has 2 heterocycles. The Morgan fingerprint density at radius 2 is 1.91 bits per heavy atom. The van der Waals surface area contributed by atoms with Gasteiger partial charge in [0.1, 0.15) is 11.5 Å². The summed E-state index contributed by atoms with van der Waals surface area (Å²) in [7, 11) is 1.48. The van der Waals surface area contributed by atoms with Crippen molar-refractivity contribution in [1.82, 2.24) is 9.38 Å². The number of benzene rings is 1. The number of ether oxygens (including phenoxy) is 1. The average molecular weight is 310 g/mol. The van der Waals surface area contributed by atoms with E-state index < -0.39 is 17.6 Å². The predicted molar refractivity (Wildman–Crippen MR) is 72.1 cm³/mol. The largest absolute Gasteiger partial charge is 0.482 e. The van der Waals surface area contributed by atoms with Crippen molar-refractivity contribution in [3.8, 4) is 17.1 Å². The van der Waals surface area contributed by atoms with Crippen molar-refractivity contribution < 1.29 is 22.3 Å². The molecular weight excluding hydrogens is 300 g/mol. The van der Waals surface area contributed by atoms with Gasteiger partial charge >= 0.3 is 6.18 Å². The number of imidazole rings is 1. The van der Waals surface area contributed by atoms with Crippen molar-refractivity contribution in [2.75, 3.05) is 7.11 Å². The second-order valence-electron chi connectivity index (χ2n) is 4.61. The third-order valence-corrected chi connectivity index (χ3v) is 3.23. The Morgan fingerprint density at radius 3 is 2.59 bits per heavy atom. The fourth-order valence-corrected chi connectivity index (χ4v) is 2.19. The fourth-order valence-electron chi connectivity index (χ4n) is 2.19. The van der Waals surface area contributed by atoms with Crippen molar-refractivity contribution in [2.45, 2.75) is 6.18 Å². The number of rotatable bonds is 2. The number of aromatic nitrogens is 2. The normalized spacial score (nSPS) is 11.9. The number of hydrogen-bond acceptors (Lipinski definition) is 2. The van der Waals surface area contributed by atoms with Gasteiger partial charge in [-0.05, 0) is 30.3 Å². The standard InChI is InChI=1S/C15H10F4N2O/c1-22-14-4-2-3-13-20-12(8-21(13)14)9-5-6-11(16)10(7-9)15(17,18)19/h2-8H,1H3. The first-order valence-corrected chi connectivity index (χ1v) is 6.29. The van der Waals surface area contributed by atoms with Gasteiger partial charge in [-0.3, -0.25) is 4.40 Å². The Hall–Kier alpha value is -2.57. The van der Waals surface area contributed by atoms with Crippen molar-refractivity contribution in [1.29, 1.82) is 0 Å². The van der Waals surface area contributed by atoms with Gasteiger partial charge in [-0.25, -0.2) is 9.37 Å². The highest BCUT2D eigenvalue weighted by atomic mass is 19.4. The Labute approximate surface area is 122 Å². The van der Waals surface area contributed by atoms with Crippen LogP contribution in [0.2, 0.25) is 0 Å². The van der Waals surface area contributed by atoms with E-state index >= 15 is 0 Å². The summed E-state index contributed by atoms with van der Waals surface area (Å²) < 4.78 is 58.4. The first kappa shape index (κ1) is 14.4. The number of alkyl halides is 3. The smallest absolute Gasteiger partial charge is 0.419 e. The lowest BCUT2D eigenvalue weighted by molar-refractivity contribution is -0.139. The zero-order chi connectivity index (χ0) is 15.9. The molecule has 3 nitrogen and oxygen atoms in total.